The van der Waals surface area contributed by atoms with Crippen LogP contribution in [0.1, 0.15) is 25.0 Å². The largest absolute Gasteiger partial charge is 0.342 e. The summed E-state index contributed by atoms with van der Waals surface area (Å²) in [5.74, 6) is -0.0683. The van der Waals surface area contributed by atoms with Crippen LogP contribution in [0.2, 0.25) is 0 Å². The fraction of sp³-hybridized carbons (Fsp3) is 0.350. The molecule has 0 atom stereocenters. The lowest BCUT2D eigenvalue weighted by atomic mass is 10.0. The standard InChI is InChI=1S/C20H23N3O2S/c1-5-22(6-2)17(24)10-23-12-21-19-18(20(23)25)16(11-26-19)15-8-7-13(3)14(4)9-15/h7-9,11-12H,5-6,10H2,1-4H3. The Morgan fingerprint density at radius 1 is 1.19 bits per heavy atom. The Balaban J connectivity index is 2.07. The molecule has 2 aromatic heterocycles. The number of benzene rings is 1. The molecule has 2 heterocycles. The number of aromatic nitrogens is 2. The number of hydrogen-bond donors (Lipinski definition) is 0. The van der Waals surface area contributed by atoms with Crippen molar-refractivity contribution in [1.82, 2.24) is 14.5 Å². The highest BCUT2D eigenvalue weighted by Crippen LogP contribution is 2.31. The normalized spacial score (nSPS) is 11.1. The van der Waals surface area contributed by atoms with Crippen LogP contribution < -0.4 is 5.56 Å². The van der Waals surface area contributed by atoms with Crippen LogP contribution in [-0.4, -0.2) is 33.4 Å². The highest BCUT2D eigenvalue weighted by Gasteiger charge is 2.16. The Bertz CT molecular complexity index is 1020. The molecule has 0 radical (unpaired) electrons. The topological polar surface area (TPSA) is 55.2 Å². The van der Waals surface area contributed by atoms with E-state index in [9.17, 15) is 9.59 Å². The predicted molar refractivity (Wildman–Crippen MR) is 107 cm³/mol. The zero-order valence-electron chi connectivity index (χ0n) is 15.6. The Kier molecular flexibility index (Phi) is 5.23. The molecule has 0 saturated carbocycles. The predicted octanol–water partition coefficient (Wildman–Crippen LogP) is 3.61. The molecule has 0 aliphatic heterocycles. The molecular formula is C20H23N3O2S. The number of rotatable bonds is 5. The van der Waals surface area contributed by atoms with Gasteiger partial charge in [-0.15, -0.1) is 11.3 Å². The number of hydrogen-bond acceptors (Lipinski definition) is 4. The van der Waals surface area contributed by atoms with Crippen LogP contribution in [0, 0.1) is 13.8 Å². The Labute approximate surface area is 156 Å². The van der Waals surface area contributed by atoms with Crippen molar-refractivity contribution in [1.29, 1.82) is 0 Å². The maximum atomic E-state index is 13.0. The SMILES string of the molecule is CCN(CC)C(=O)Cn1cnc2scc(-c3ccc(C)c(C)c3)c2c1=O. The summed E-state index contributed by atoms with van der Waals surface area (Å²) in [6, 6.07) is 6.18. The van der Waals surface area contributed by atoms with Gasteiger partial charge in [-0.2, -0.15) is 0 Å². The summed E-state index contributed by atoms with van der Waals surface area (Å²) in [5, 5.41) is 2.56. The first kappa shape index (κ1) is 18.3. The number of thiophene rings is 1. The van der Waals surface area contributed by atoms with Crippen molar-refractivity contribution in [2.45, 2.75) is 34.2 Å². The highest BCUT2D eigenvalue weighted by atomic mass is 32.1. The first-order chi connectivity index (χ1) is 12.5. The van der Waals surface area contributed by atoms with E-state index >= 15 is 0 Å². The average Bonchev–Trinajstić information content (AvgIpc) is 3.06. The lowest BCUT2D eigenvalue weighted by Crippen LogP contribution is -2.36. The summed E-state index contributed by atoms with van der Waals surface area (Å²) in [5.41, 5.74) is 4.13. The molecule has 26 heavy (non-hydrogen) atoms. The first-order valence-corrected chi connectivity index (χ1v) is 9.66. The van der Waals surface area contributed by atoms with Crippen molar-refractivity contribution >= 4 is 27.5 Å². The molecule has 0 fully saturated rings. The monoisotopic (exact) mass is 369 g/mol. The summed E-state index contributed by atoms with van der Waals surface area (Å²) in [7, 11) is 0. The minimum absolute atomic E-state index is 0.0195. The molecule has 3 aromatic rings. The molecular weight excluding hydrogens is 346 g/mol. The van der Waals surface area contributed by atoms with Gasteiger partial charge in [0.1, 0.15) is 11.4 Å². The van der Waals surface area contributed by atoms with Gasteiger partial charge >= 0.3 is 0 Å². The van der Waals surface area contributed by atoms with E-state index < -0.39 is 0 Å². The van der Waals surface area contributed by atoms with Gasteiger partial charge in [0.2, 0.25) is 5.91 Å². The molecule has 0 spiro atoms. The summed E-state index contributed by atoms with van der Waals surface area (Å²) < 4.78 is 1.42. The number of carbonyl (C=O) groups is 1. The van der Waals surface area contributed by atoms with Crippen molar-refractivity contribution in [2.24, 2.45) is 0 Å². The Morgan fingerprint density at radius 3 is 2.58 bits per heavy atom. The van der Waals surface area contributed by atoms with Crippen molar-refractivity contribution < 1.29 is 4.79 Å². The Hall–Kier alpha value is -2.47. The van der Waals surface area contributed by atoms with Gasteiger partial charge in [-0.25, -0.2) is 4.98 Å². The van der Waals surface area contributed by atoms with Crippen LogP contribution in [-0.2, 0) is 11.3 Å². The molecule has 0 aliphatic rings. The third kappa shape index (κ3) is 3.29. The van der Waals surface area contributed by atoms with Crippen LogP contribution in [0.4, 0.5) is 0 Å². The van der Waals surface area contributed by atoms with Gasteiger partial charge < -0.3 is 4.90 Å². The third-order valence-electron chi connectivity index (χ3n) is 4.80. The molecule has 0 unspecified atom stereocenters. The van der Waals surface area contributed by atoms with Crippen LogP contribution >= 0.6 is 11.3 Å². The summed E-state index contributed by atoms with van der Waals surface area (Å²) in [4.78, 5) is 32.2. The minimum Gasteiger partial charge on any atom is -0.342 e. The van der Waals surface area contributed by atoms with E-state index in [1.165, 1.54) is 33.4 Å². The molecule has 0 aliphatic carbocycles. The average molecular weight is 369 g/mol. The summed E-state index contributed by atoms with van der Waals surface area (Å²) in [6.07, 6.45) is 1.48. The third-order valence-corrected chi connectivity index (χ3v) is 5.69. The fourth-order valence-corrected chi connectivity index (χ4v) is 3.93. The number of fused-ring (bicyclic) bond motifs is 1. The Morgan fingerprint density at radius 2 is 1.92 bits per heavy atom. The van der Waals surface area contributed by atoms with E-state index in [0.29, 0.717) is 23.3 Å². The second-order valence-corrected chi connectivity index (χ2v) is 7.23. The molecule has 1 aromatic carbocycles. The van der Waals surface area contributed by atoms with E-state index in [4.69, 9.17) is 0 Å². The van der Waals surface area contributed by atoms with Crippen molar-refractivity contribution in [3.8, 4) is 11.1 Å². The van der Waals surface area contributed by atoms with Gasteiger partial charge in [0.15, 0.2) is 0 Å². The summed E-state index contributed by atoms with van der Waals surface area (Å²) in [6.45, 7) is 9.28. The van der Waals surface area contributed by atoms with E-state index in [2.05, 4.69) is 31.0 Å². The van der Waals surface area contributed by atoms with Crippen LogP contribution in [0.25, 0.3) is 21.3 Å². The van der Waals surface area contributed by atoms with Crippen molar-refractivity contribution in [3.63, 3.8) is 0 Å². The fourth-order valence-electron chi connectivity index (χ4n) is 3.02. The van der Waals surface area contributed by atoms with Gasteiger partial charge in [-0.3, -0.25) is 14.2 Å². The molecule has 1 amide bonds. The second-order valence-electron chi connectivity index (χ2n) is 6.37. The van der Waals surface area contributed by atoms with E-state index in [0.717, 1.165) is 11.1 Å². The van der Waals surface area contributed by atoms with Crippen LogP contribution in [0.3, 0.4) is 0 Å². The number of amides is 1. The highest BCUT2D eigenvalue weighted by molar-refractivity contribution is 7.17. The second kappa shape index (κ2) is 7.41. The van der Waals surface area contributed by atoms with Gasteiger partial charge in [0, 0.05) is 24.0 Å². The molecule has 0 N–H and O–H groups in total. The van der Waals surface area contributed by atoms with Crippen LogP contribution in [0.15, 0.2) is 34.7 Å². The lowest BCUT2D eigenvalue weighted by molar-refractivity contribution is -0.131. The summed E-state index contributed by atoms with van der Waals surface area (Å²) >= 11 is 1.46. The molecule has 136 valence electrons. The van der Waals surface area contributed by atoms with Gasteiger partial charge in [-0.1, -0.05) is 18.2 Å². The maximum absolute atomic E-state index is 13.0. The number of likely N-dealkylation sites (N-methyl/N-ethyl adjacent to an activating group) is 1. The van der Waals surface area contributed by atoms with Gasteiger partial charge in [0.25, 0.3) is 5.56 Å². The minimum atomic E-state index is -0.162. The molecule has 5 nitrogen and oxygen atoms in total. The number of aryl methyl sites for hydroxylation is 2. The van der Waals surface area contributed by atoms with Gasteiger partial charge in [-0.05, 0) is 44.4 Å². The number of nitrogens with zero attached hydrogens (tertiary/aromatic N) is 3. The van der Waals surface area contributed by atoms with E-state index in [-0.39, 0.29) is 18.0 Å². The molecule has 0 bridgehead atoms. The first-order valence-electron chi connectivity index (χ1n) is 8.78. The van der Waals surface area contributed by atoms with E-state index in [1.807, 2.05) is 25.3 Å². The quantitative estimate of drug-likeness (QED) is 0.690. The van der Waals surface area contributed by atoms with Crippen molar-refractivity contribution in [2.75, 3.05) is 13.1 Å². The molecule has 0 saturated heterocycles. The van der Waals surface area contributed by atoms with Crippen molar-refractivity contribution in [3.05, 3.63) is 51.4 Å². The molecule has 3 rings (SSSR count). The smallest absolute Gasteiger partial charge is 0.263 e. The lowest BCUT2D eigenvalue weighted by Gasteiger charge is -2.18. The zero-order chi connectivity index (χ0) is 18.8. The van der Waals surface area contributed by atoms with Gasteiger partial charge in [0.05, 0.1) is 11.7 Å². The number of carbonyl (C=O) groups excluding carboxylic acids is 1. The maximum Gasteiger partial charge on any atom is 0.263 e. The van der Waals surface area contributed by atoms with E-state index in [1.54, 1.807) is 4.90 Å². The van der Waals surface area contributed by atoms with Crippen LogP contribution in [0.5, 0.6) is 0 Å². The molecule has 6 heteroatoms. The zero-order valence-corrected chi connectivity index (χ0v) is 16.4.